The van der Waals surface area contributed by atoms with Crippen LogP contribution in [-0.2, 0) is 23.1 Å². The average Bonchev–Trinajstić information content (AvgIpc) is 2.91. The Labute approximate surface area is 157 Å². The third kappa shape index (κ3) is 10.5. The highest BCUT2D eigenvalue weighted by molar-refractivity contribution is 5.81. The Kier molecular flexibility index (Phi) is 13.1. The summed E-state index contributed by atoms with van der Waals surface area (Å²) in [5.41, 5.74) is 0. The number of rotatable bonds is 12. The highest BCUT2D eigenvalue weighted by Crippen LogP contribution is 2.12. The molecule has 0 aromatic carbocycles. The van der Waals surface area contributed by atoms with Crippen LogP contribution in [0.3, 0.4) is 0 Å². The van der Waals surface area contributed by atoms with Crippen LogP contribution in [0.25, 0.3) is 0 Å². The highest BCUT2D eigenvalue weighted by atomic mass is 127. The van der Waals surface area contributed by atoms with Crippen LogP contribution in [0.1, 0.15) is 58.3 Å². The van der Waals surface area contributed by atoms with Crippen molar-refractivity contribution in [1.82, 2.24) is 4.57 Å². The van der Waals surface area contributed by atoms with E-state index >= 15 is 0 Å². The molecule has 0 radical (unpaired) electrons. The van der Waals surface area contributed by atoms with E-state index in [4.69, 9.17) is 4.74 Å². The van der Waals surface area contributed by atoms with Crippen molar-refractivity contribution >= 4 is 5.97 Å². The van der Waals surface area contributed by atoms with Gasteiger partial charge >= 0.3 is 5.97 Å². The minimum atomic E-state index is -0.329. The number of hydrogen-bond acceptors (Lipinski definition) is 2. The molecule has 0 saturated carbocycles. The summed E-state index contributed by atoms with van der Waals surface area (Å²) in [7, 11) is 1.98. The lowest BCUT2D eigenvalue weighted by molar-refractivity contribution is -0.702. The largest absolute Gasteiger partial charge is 1.00 e. The van der Waals surface area contributed by atoms with Gasteiger partial charge in [-0.3, -0.25) is 0 Å². The fourth-order valence-corrected chi connectivity index (χ4v) is 2.57. The Hall–Kier alpha value is -0.850. The van der Waals surface area contributed by atoms with Crippen molar-refractivity contribution in [3.05, 3.63) is 31.4 Å². The van der Waals surface area contributed by atoms with Gasteiger partial charge in [-0.25, -0.2) is 13.9 Å². The molecule has 0 amide bonds. The Balaban J connectivity index is 0.00000484. The summed E-state index contributed by atoms with van der Waals surface area (Å²) < 4.78 is 9.51. The first-order valence-corrected chi connectivity index (χ1v) is 8.49. The molecule has 0 saturated heterocycles. The van der Waals surface area contributed by atoms with Gasteiger partial charge in [0.1, 0.15) is 25.0 Å². The lowest BCUT2D eigenvalue weighted by Gasteiger charge is -2.15. The third-order valence-electron chi connectivity index (χ3n) is 3.82. The summed E-state index contributed by atoms with van der Waals surface area (Å²) in [5, 5.41) is 0. The molecule has 4 nitrogen and oxygen atoms in total. The maximum absolute atomic E-state index is 11.5. The summed E-state index contributed by atoms with van der Waals surface area (Å²) in [5.74, 6) is -0.329. The molecule has 0 aliphatic rings. The Morgan fingerprint density at radius 2 is 1.91 bits per heavy atom. The first-order chi connectivity index (χ1) is 10.7. The second-order valence-electron chi connectivity index (χ2n) is 5.95. The molecule has 1 unspecified atom stereocenters. The number of esters is 1. The van der Waals surface area contributed by atoms with E-state index in [-0.39, 0.29) is 36.0 Å². The number of ether oxygens (including phenoxy) is 1. The van der Waals surface area contributed by atoms with Crippen LogP contribution in [0.4, 0.5) is 0 Å². The van der Waals surface area contributed by atoms with Crippen LogP contribution in [-0.4, -0.2) is 16.6 Å². The standard InChI is InChI=1S/C18H31N2O2.HI/c1-4-6-7-8-9-10-11-12-17(22-18(21)5-2)15-20-14-13-19(3)16-20;/h5,13-14,16-17H,2,4,6-12,15H2,1,3H3;1H/q+1;/p-1. The maximum atomic E-state index is 11.5. The smallest absolute Gasteiger partial charge is 0.330 e. The van der Waals surface area contributed by atoms with E-state index in [2.05, 4.69) is 18.1 Å². The molecule has 1 rings (SSSR count). The molecule has 5 heteroatoms. The Morgan fingerprint density at radius 3 is 2.48 bits per heavy atom. The van der Waals surface area contributed by atoms with Gasteiger partial charge in [-0.05, 0) is 12.8 Å². The highest BCUT2D eigenvalue weighted by Gasteiger charge is 2.16. The number of hydrogen-bond donors (Lipinski definition) is 0. The quantitative estimate of drug-likeness (QED) is 0.158. The molecule has 23 heavy (non-hydrogen) atoms. The number of halogens is 1. The fraction of sp³-hybridized carbons (Fsp3) is 0.667. The molecule has 0 bridgehead atoms. The van der Waals surface area contributed by atoms with Crippen LogP contribution < -0.4 is 28.5 Å². The normalized spacial score (nSPS) is 11.6. The van der Waals surface area contributed by atoms with Crippen LogP contribution in [0.15, 0.2) is 31.4 Å². The second-order valence-corrected chi connectivity index (χ2v) is 5.95. The van der Waals surface area contributed by atoms with E-state index in [1.54, 1.807) is 0 Å². The Morgan fingerprint density at radius 1 is 1.26 bits per heavy atom. The molecule has 0 aliphatic carbocycles. The van der Waals surface area contributed by atoms with Crippen LogP contribution in [0.2, 0.25) is 0 Å². The number of carbonyl (C=O) groups is 1. The molecule has 1 aromatic heterocycles. The van der Waals surface area contributed by atoms with Gasteiger partial charge in [0.15, 0.2) is 0 Å². The first kappa shape index (κ1) is 22.1. The van der Waals surface area contributed by atoms with Gasteiger partial charge in [0.05, 0.1) is 7.05 Å². The molecule has 0 N–H and O–H groups in total. The van der Waals surface area contributed by atoms with Crippen molar-refractivity contribution < 1.29 is 38.1 Å². The number of carbonyl (C=O) groups excluding carboxylic acids is 1. The van der Waals surface area contributed by atoms with E-state index in [0.717, 1.165) is 12.8 Å². The summed E-state index contributed by atoms with van der Waals surface area (Å²) in [4.78, 5) is 11.5. The topological polar surface area (TPSA) is 35.1 Å². The minimum absolute atomic E-state index is 0. The maximum Gasteiger partial charge on any atom is 0.330 e. The lowest BCUT2D eigenvalue weighted by Crippen LogP contribution is -3.00. The van der Waals surface area contributed by atoms with E-state index in [0.29, 0.717) is 6.54 Å². The van der Waals surface area contributed by atoms with Crippen molar-refractivity contribution in [2.45, 2.75) is 70.9 Å². The SMILES string of the molecule is C=CC(=O)OC(CCCCCCCCC)C[n+]1ccn(C)c1.[I-]. The molecular weight excluding hydrogens is 403 g/mol. The van der Waals surface area contributed by atoms with Gasteiger partial charge in [-0.15, -0.1) is 0 Å². The molecule has 1 heterocycles. The number of imidazole rings is 1. The van der Waals surface area contributed by atoms with E-state index in [9.17, 15) is 4.79 Å². The summed E-state index contributed by atoms with van der Waals surface area (Å²) in [6.45, 7) is 6.42. The Bertz CT molecular complexity index is 446. The minimum Gasteiger partial charge on any atom is -1.00 e. The van der Waals surface area contributed by atoms with Crippen molar-refractivity contribution in [3.63, 3.8) is 0 Å². The predicted molar refractivity (Wildman–Crippen MR) is 88.3 cm³/mol. The summed E-state index contributed by atoms with van der Waals surface area (Å²) in [6.07, 6.45) is 16.9. The molecule has 1 atom stereocenters. The van der Waals surface area contributed by atoms with Gasteiger partial charge in [0.2, 0.25) is 6.33 Å². The molecule has 0 spiro atoms. The summed E-state index contributed by atoms with van der Waals surface area (Å²) >= 11 is 0. The summed E-state index contributed by atoms with van der Waals surface area (Å²) in [6, 6.07) is 0. The van der Waals surface area contributed by atoms with Crippen LogP contribution in [0, 0.1) is 0 Å². The van der Waals surface area contributed by atoms with Crippen LogP contribution in [0.5, 0.6) is 0 Å². The van der Waals surface area contributed by atoms with Gasteiger partial charge in [-0.2, -0.15) is 0 Å². The zero-order valence-corrected chi connectivity index (χ0v) is 16.7. The van der Waals surface area contributed by atoms with Gasteiger partial charge < -0.3 is 28.7 Å². The van der Waals surface area contributed by atoms with E-state index in [1.807, 2.05) is 30.3 Å². The predicted octanol–water partition coefficient (Wildman–Crippen LogP) is 0.555. The molecular formula is C18H31IN2O2. The van der Waals surface area contributed by atoms with Crippen molar-refractivity contribution in [2.75, 3.05) is 0 Å². The van der Waals surface area contributed by atoms with Crippen molar-refractivity contribution in [2.24, 2.45) is 7.05 Å². The van der Waals surface area contributed by atoms with Crippen molar-refractivity contribution in [1.29, 1.82) is 0 Å². The van der Waals surface area contributed by atoms with Gasteiger partial charge in [-0.1, -0.05) is 52.0 Å². The average molecular weight is 434 g/mol. The molecule has 0 fully saturated rings. The zero-order chi connectivity index (χ0) is 16.2. The molecule has 0 aliphatic heterocycles. The second kappa shape index (κ2) is 13.6. The van der Waals surface area contributed by atoms with Gasteiger partial charge in [0, 0.05) is 6.08 Å². The molecule has 1 aromatic rings. The van der Waals surface area contributed by atoms with E-state index < -0.39 is 0 Å². The van der Waals surface area contributed by atoms with Crippen molar-refractivity contribution in [3.8, 4) is 0 Å². The van der Waals surface area contributed by atoms with E-state index in [1.165, 1.54) is 44.6 Å². The number of aromatic nitrogens is 2. The number of unbranched alkanes of at least 4 members (excludes halogenated alkanes) is 6. The molecule has 132 valence electrons. The van der Waals surface area contributed by atoms with Crippen LogP contribution >= 0.6 is 0 Å². The number of nitrogens with zero attached hydrogens (tertiary/aromatic N) is 2. The third-order valence-corrected chi connectivity index (χ3v) is 3.82. The number of aryl methyl sites for hydroxylation is 1. The fourth-order valence-electron chi connectivity index (χ4n) is 2.57. The first-order valence-electron chi connectivity index (χ1n) is 8.49. The zero-order valence-electron chi connectivity index (χ0n) is 14.5. The van der Waals surface area contributed by atoms with Gasteiger partial charge in [0.25, 0.3) is 0 Å². The lowest BCUT2D eigenvalue weighted by atomic mass is 10.1. The monoisotopic (exact) mass is 434 g/mol.